The van der Waals surface area contributed by atoms with Gasteiger partial charge in [-0.25, -0.2) is 19.2 Å². The maximum absolute atomic E-state index is 10.6. The second-order valence-electron chi connectivity index (χ2n) is 4.60. The van der Waals surface area contributed by atoms with E-state index in [9.17, 15) is 19.2 Å². The number of halogens is 2. The van der Waals surface area contributed by atoms with Crippen molar-refractivity contribution in [2.75, 3.05) is 0 Å². The molecule has 0 heterocycles. The third kappa shape index (κ3) is 7.13. The molecule has 27 heavy (non-hydrogen) atoms. The number of carboxylic acid groups (broad SMARTS) is 4. The first kappa shape index (κ1) is 24.8. The van der Waals surface area contributed by atoms with Gasteiger partial charge in [0.1, 0.15) is 0 Å². The van der Waals surface area contributed by atoms with Crippen LogP contribution in [0.2, 0.25) is 10.0 Å². The van der Waals surface area contributed by atoms with E-state index in [0.29, 0.717) is 0 Å². The van der Waals surface area contributed by atoms with Crippen molar-refractivity contribution < 1.29 is 65.8 Å². The van der Waals surface area contributed by atoms with Gasteiger partial charge in [0.15, 0.2) is 0 Å². The Labute approximate surface area is 181 Å². The molecule has 0 atom stereocenters. The monoisotopic (exact) mass is 490 g/mol. The summed E-state index contributed by atoms with van der Waals surface area (Å²) in [5.74, 6) is -5.18. The number of carboxylic acids is 4. The molecule has 0 aliphatic carbocycles. The molecule has 0 aromatic heterocycles. The Balaban J connectivity index is 0.000000483. The van der Waals surface area contributed by atoms with Crippen molar-refractivity contribution in [1.29, 1.82) is 0 Å². The Morgan fingerprint density at radius 3 is 1.04 bits per heavy atom. The fourth-order valence-electron chi connectivity index (χ4n) is 1.76. The summed E-state index contributed by atoms with van der Waals surface area (Å²) in [6.45, 7) is 0. The molecule has 2 aromatic rings. The predicted octanol–water partition coefficient (Wildman–Crippen LogP) is 3.47. The summed E-state index contributed by atoms with van der Waals surface area (Å²) in [6.07, 6.45) is 0. The van der Waals surface area contributed by atoms with Crippen LogP contribution in [-0.2, 0) is 26.2 Å². The minimum absolute atomic E-state index is 0. The third-order valence-corrected chi connectivity index (χ3v) is 3.36. The summed E-state index contributed by atoms with van der Waals surface area (Å²) in [7, 11) is 0. The van der Waals surface area contributed by atoms with Crippen LogP contribution >= 0.6 is 23.2 Å². The van der Waals surface area contributed by atoms with E-state index in [1.807, 2.05) is 0 Å². The fourth-order valence-corrected chi connectivity index (χ4v) is 2.10. The summed E-state index contributed by atoms with van der Waals surface area (Å²) < 4.78 is 0. The van der Waals surface area contributed by atoms with E-state index in [1.54, 1.807) is 0 Å². The Morgan fingerprint density at radius 2 is 0.815 bits per heavy atom. The van der Waals surface area contributed by atoms with Crippen molar-refractivity contribution in [2.24, 2.45) is 0 Å². The van der Waals surface area contributed by atoms with Gasteiger partial charge in [0.2, 0.25) is 0 Å². The summed E-state index contributed by atoms with van der Waals surface area (Å²) >= 11 is 11.0. The molecule has 4 N–H and O–H groups in total. The predicted molar refractivity (Wildman–Crippen MR) is 90.7 cm³/mol. The van der Waals surface area contributed by atoms with Crippen LogP contribution in [0.5, 0.6) is 0 Å². The quantitative estimate of drug-likeness (QED) is 0.507. The molecule has 0 saturated carbocycles. The van der Waals surface area contributed by atoms with Crippen LogP contribution in [0.15, 0.2) is 36.4 Å². The first-order valence-corrected chi connectivity index (χ1v) is 7.32. The van der Waals surface area contributed by atoms with Gasteiger partial charge in [-0.3, -0.25) is 0 Å². The molecule has 0 aliphatic rings. The number of hydrogen-bond acceptors (Lipinski definition) is 4. The number of benzene rings is 2. The molecule has 0 spiro atoms. The maximum Gasteiger partial charge on any atom is 0.336 e. The van der Waals surface area contributed by atoms with Gasteiger partial charge in [0, 0.05) is 36.2 Å². The summed E-state index contributed by atoms with van der Waals surface area (Å²) in [4.78, 5) is 42.2. The molecule has 8 nitrogen and oxygen atoms in total. The summed E-state index contributed by atoms with van der Waals surface area (Å²) in [6, 6.07) is 7.19. The van der Waals surface area contributed by atoms with Crippen LogP contribution in [0.25, 0.3) is 0 Å². The van der Waals surface area contributed by atoms with E-state index in [4.69, 9.17) is 43.6 Å². The topological polar surface area (TPSA) is 149 Å². The molecular formula is C16H10Cl2O8Zr. The number of rotatable bonds is 4. The third-order valence-electron chi connectivity index (χ3n) is 2.88. The molecule has 140 valence electrons. The maximum atomic E-state index is 10.6. The Bertz CT molecular complexity index is 824. The van der Waals surface area contributed by atoms with E-state index in [-0.39, 0.29) is 58.5 Å². The SMILES string of the molecule is O=C(O)c1ccc(Cl)cc1C(=O)O.O=C(O)c1ccc(Cl)cc1C(=O)O.[Zr]. The van der Waals surface area contributed by atoms with Gasteiger partial charge in [0.05, 0.1) is 22.3 Å². The first-order chi connectivity index (χ1) is 12.0. The largest absolute Gasteiger partial charge is 0.478 e. The van der Waals surface area contributed by atoms with E-state index < -0.39 is 23.9 Å². The van der Waals surface area contributed by atoms with Gasteiger partial charge in [0.25, 0.3) is 0 Å². The minimum atomic E-state index is -1.31. The van der Waals surface area contributed by atoms with E-state index >= 15 is 0 Å². The smallest absolute Gasteiger partial charge is 0.336 e. The molecule has 2 rings (SSSR count). The average molecular weight is 492 g/mol. The zero-order valence-corrected chi connectivity index (χ0v) is 17.1. The van der Waals surface area contributed by atoms with Crippen molar-refractivity contribution in [3.8, 4) is 0 Å². The Morgan fingerprint density at radius 1 is 0.556 bits per heavy atom. The van der Waals surface area contributed by atoms with Crippen molar-refractivity contribution in [2.45, 2.75) is 0 Å². The molecule has 0 saturated heterocycles. The van der Waals surface area contributed by atoms with Crippen molar-refractivity contribution in [1.82, 2.24) is 0 Å². The van der Waals surface area contributed by atoms with Gasteiger partial charge < -0.3 is 20.4 Å². The number of hydrogen-bond donors (Lipinski definition) is 4. The molecule has 0 unspecified atom stereocenters. The van der Waals surface area contributed by atoms with Crippen LogP contribution in [0.4, 0.5) is 0 Å². The molecule has 11 heteroatoms. The van der Waals surface area contributed by atoms with Crippen LogP contribution in [0.1, 0.15) is 41.4 Å². The first-order valence-electron chi connectivity index (χ1n) is 6.56. The number of carbonyl (C=O) groups is 4. The standard InChI is InChI=1S/2C8H5ClO4.Zr/c2*9-4-1-2-5(7(10)11)6(3-4)8(12)13;/h2*1-3H,(H,10,11)(H,12,13);. The Hall–Kier alpha value is -2.22. The van der Waals surface area contributed by atoms with Crippen LogP contribution in [-0.4, -0.2) is 44.3 Å². The van der Waals surface area contributed by atoms with E-state index in [1.165, 1.54) is 12.1 Å². The summed E-state index contributed by atoms with van der Waals surface area (Å²) in [5.41, 5.74) is -1.14. The van der Waals surface area contributed by atoms with Gasteiger partial charge in [-0.15, -0.1) is 0 Å². The molecule has 0 bridgehead atoms. The van der Waals surface area contributed by atoms with Gasteiger partial charge in [-0.05, 0) is 36.4 Å². The van der Waals surface area contributed by atoms with Crippen LogP contribution < -0.4 is 0 Å². The van der Waals surface area contributed by atoms with E-state index in [2.05, 4.69) is 0 Å². The molecule has 0 amide bonds. The second kappa shape index (κ2) is 10.8. The summed E-state index contributed by atoms with van der Waals surface area (Å²) in [5, 5.41) is 34.8. The fraction of sp³-hybridized carbons (Fsp3) is 0. The van der Waals surface area contributed by atoms with Crippen LogP contribution in [0, 0.1) is 0 Å². The number of aromatic carboxylic acids is 4. The van der Waals surface area contributed by atoms with Gasteiger partial charge in [-0.2, -0.15) is 0 Å². The normalized spacial score (nSPS) is 9.26. The van der Waals surface area contributed by atoms with Crippen LogP contribution in [0.3, 0.4) is 0 Å². The van der Waals surface area contributed by atoms with Crippen molar-refractivity contribution >= 4 is 47.1 Å². The van der Waals surface area contributed by atoms with E-state index in [0.717, 1.165) is 24.3 Å². The second-order valence-corrected chi connectivity index (χ2v) is 5.47. The molecule has 0 fully saturated rings. The zero-order valence-electron chi connectivity index (χ0n) is 13.1. The average Bonchev–Trinajstić information content (AvgIpc) is 2.54. The molecule has 0 aliphatic heterocycles. The molecular weight excluding hydrogens is 482 g/mol. The molecule has 2 aromatic carbocycles. The van der Waals surface area contributed by atoms with Crippen molar-refractivity contribution in [3.05, 3.63) is 68.7 Å². The Kier molecular flexibility index (Phi) is 9.93. The molecule has 0 radical (unpaired) electrons. The zero-order chi connectivity index (χ0) is 20.0. The van der Waals surface area contributed by atoms with Gasteiger partial charge in [-0.1, -0.05) is 23.2 Å². The van der Waals surface area contributed by atoms with Crippen molar-refractivity contribution in [3.63, 3.8) is 0 Å². The van der Waals surface area contributed by atoms with Gasteiger partial charge >= 0.3 is 23.9 Å². The minimum Gasteiger partial charge on any atom is -0.478 e.